The maximum atomic E-state index is 13.3. The van der Waals surface area contributed by atoms with Crippen LogP contribution in [0.15, 0.2) is 28.8 Å². The van der Waals surface area contributed by atoms with Gasteiger partial charge in [-0.3, -0.25) is 0 Å². The van der Waals surface area contributed by atoms with E-state index in [1.54, 1.807) is 0 Å². The van der Waals surface area contributed by atoms with Gasteiger partial charge in [-0.25, -0.2) is 8.78 Å². The van der Waals surface area contributed by atoms with E-state index in [-0.39, 0.29) is 17.9 Å². The largest absolute Gasteiger partial charge is 0.390 e. The Labute approximate surface area is 83.9 Å². The summed E-state index contributed by atoms with van der Waals surface area (Å²) in [6, 6.07) is 4.54. The van der Waals surface area contributed by atoms with Gasteiger partial charge in [-0.15, -0.1) is 0 Å². The normalized spacial score (nSPS) is 10.6. The fourth-order valence-corrected chi connectivity index (χ4v) is 1.20. The molecule has 15 heavy (non-hydrogen) atoms. The van der Waals surface area contributed by atoms with E-state index < -0.39 is 11.6 Å². The Balaban J connectivity index is 2.44. The number of aliphatic hydroxyl groups excluding tert-OH is 1. The lowest BCUT2D eigenvalue weighted by Gasteiger charge is -1.97. The van der Waals surface area contributed by atoms with Crippen molar-refractivity contribution in [3.8, 4) is 11.3 Å². The van der Waals surface area contributed by atoms with Crippen molar-refractivity contribution in [1.29, 1.82) is 0 Å². The fourth-order valence-electron chi connectivity index (χ4n) is 1.20. The zero-order valence-corrected chi connectivity index (χ0v) is 7.58. The van der Waals surface area contributed by atoms with Gasteiger partial charge in [0.15, 0.2) is 5.76 Å². The molecule has 0 unspecified atom stereocenters. The van der Waals surface area contributed by atoms with E-state index in [2.05, 4.69) is 5.16 Å². The highest BCUT2D eigenvalue weighted by atomic mass is 19.1. The van der Waals surface area contributed by atoms with Crippen molar-refractivity contribution in [2.45, 2.75) is 6.61 Å². The van der Waals surface area contributed by atoms with E-state index in [1.165, 1.54) is 12.1 Å². The first-order chi connectivity index (χ1) is 7.20. The molecule has 0 saturated heterocycles. The van der Waals surface area contributed by atoms with Gasteiger partial charge in [0, 0.05) is 12.1 Å². The number of benzene rings is 1. The van der Waals surface area contributed by atoms with Crippen LogP contribution in [-0.2, 0) is 6.61 Å². The van der Waals surface area contributed by atoms with E-state index >= 15 is 0 Å². The Morgan fingerprint density at radius 2 is 2.07 bits per heavy atom. The summed E-state index contributed by atoms with van der Waals surface area (Å²) >= 11 is 0. The number of hydrogen-bond acceptors (Lipinski definition) is 3. The number of rotatable bonds is 2. The second-order valence-electron chi connectivity index (χ2n) is 2.96. The molecule has 0 amide bonds. The Kier molecular flexibility index (Phi) is 2.47. The molecule has 0 fully saturated rings. The molecule has 1 aromatic heterocycles. The monoisotopic (exact) mass is 211 g/mol. The molecule has 78 valence electrons. The van der Waals surface area contributed by atoms with Crippen LogP contribution in [-0.4, -0.2) is 10.3 Å². The summed E-state index contributed by atoms with van der Waals surface area (Å²) in [5.41, 5.74) is 0.414. The van der Waals surface area contributed by atoms with Crippen molar-refractivity contribution in [1.82, 2.24) is 5.16 Å². The first-order valence-electron chi connectivity index (χ1n) is 4.22. The molecule has 1 N–H and O–H groups in total. The lowest BCUT2D eigenvalue weighted by molar-refractivity contribution is 0.267. The Morgan fingerprint density at radius 3 is 2.67 bits per heavy atom. The third-order valence-electron chi connectivity index (χ3n) is 1.92. The quantitative estimate of drug-likeness (QED) is 0.827. The van der Waals surface area contributed by atoms with Crippen molar-refractivity contribution >= 4 is 0 Å². The van der Waals surface area contributed by atoms with Crippen molar-refractivity contribution in [2.24, 2.45) is 0 Å². The molecule has 0 saturated carbocycles. The average Bonchev–Trinajstić information content (AvgIpc) is 2.66. The molecule has 1 heterocycles. The summed E-state index contributed by atoms with van der Waals surface area (Å²) < 4.78 is 30.7. The molecule has 0 bridgehead atoms. The van der Waals surface area contributed by atoms with E-state index in [0.29, 0.717) is 5.69 Å². The molecule has 0 atom stereocenters. The van der Waals surface area contributed by atoms with Crippen LogP contribution >= 0.6 is 0 Å². The molecule has 5 heteroatoms. The van der Waals surface area contributed by atoms with Crippen LogP contribution in [0, 0.1) is 11.6 Å². The van der Waals surface area contributed by atoms with Crippen LogP contribution in [0.5, 0.6) is 0 Å². The predicted molar refractivity (Wildman–Crippen MR) is 47.8 cm³/mol. The minimum absolute atomic E-state index is 0.114. The number of aromatic nitrogens is 1. The van der Waals surface area contributed by atoms with Gasteiger partial charge >= 0.3 is 0 Å². The van der Waals surface area contributed by atoms with Gasteiger partial charge in [0.05, 0.1) is 12.2 Å². The van der Waals surface area contributed by atoms with Gasteiger partial charge in [-0.1, -0.05) is 5.16 Å². The highest BCUT2D eigenvalue weighted by Gasteiger charge is 2.11. The molecule has 0 aliphatic rings. The number of hydrogen-bond donors (Lipinski definition) is 1. The standard InChI is InChI=1S/C10H7F2NO2/c11-6-1-2-8(9(12)3-6)10-4-7(5-14)13-15-10/h1-4,14H,5H2. The smallest absolute Gasteiger partial charge is 0.170 e. The van der Waals surface area contributed by atoms with Gasteiger partial charge in [-0.05, 0) is 12.1 Å². The van der Waals surface area contributed by atoms with E-state index in [4.69, 9.17) is 9.63 Å². The summed E-state index contributed by atoms with van der Waals surface area (Å²) in [6.07, 6.45) is 0. The molecule has 0 aliphatic carbocycles. The molecule has 2 aromatic rings. The molecule has 1 aromatic carbocycles. The lowest BCUT2D eigenvalue weighted by Crippen LogP contribution is -1.84. The van der Waals surface area contributed by atoms with Crippen molar-refractivity contribution in [3.05, 3.63) is 41.6 Å². The van der Waals surface area contributed by atoms with E-state index in [0.717, 1.165) is 12.1 Å². The highest BCUT2D eigenvalue weighted by Crippen LogP contribution is 2.23. The summed E-state index contributed by atoms with van der Waals surface area (Å²) in [5, 5.41) is 12.2. The molecule has 3 nitrogen and oxygen atoms in total. The van der Waals surface area contributed by atoms with Gasteiger partial charge < -0.3 is 9.63 Å². The molecular formula is C10H7F2NO2. The van der Waals surface area contributed by atoms with Gasteiger partial charge in [-0.2, -0.15) is 0 Å². The molecule has 0 radical (unpaired) electrons. The Bertz CT molecular complexity index is 482. The van der Waals surface area contributed by atoms with E-state index in [9.17, 15) is 8.78 Å². The zero-order chi connectivity index (χ0) is 10.8. The summed E-state index contributed by atoms with van der Waals surface area (Å²) in [6.45, 7) is -0.285. The van der Waals surface area contributed by atoms with Gasteiger partial charge in [0.25, 0.3) is 0 Å². The SMILES string of the molecule is OCc1cc(-c2ccc(F)cc2F)on1. The minimum atomic E-state index is -0.726. The van der Waals surface area contributed by atoms with E-state index in [1.807, 2.05) is 0 Å². The van der Waals surface area contributed by atoms with Crippen LogP contribution in [0.25, 0.3) is 11.3 Å². The second kappa shape index (κ2) is 3.78. The Hall–Kier alpha value is -1.75. The predicted octanol–water partition coefficient (Wildman–Crippen LogP) is 2.11. The van der Waals surface area contributed by atoms with Crippen molar-refractivity contribution in [3.63, 3.8) is 0 Å². The number of aliphatic hydroxyl groups is 1. The molecule has 0 spiro atoms. The summed E-state index contributed by atoms with van der Waals surface area (Å²) in [7, 11) is 0. The van der Waals surface area contributed by atoms with Crippen LogP contribution in [0.1, 0.15) is 5.69 Å². The molecular weight excluding hydrogens is 204 g/mol. The maximum absolute atomic E-state index is 13.3. The van der Waals surface area contributed by atoms with Gasteiger partial charge in [0.2, 0.25) is 0 Å². The minimum Gasteiger partial charge on any atom is -0.390 e. The fraction of sp³-hybridized carbons (Fsp3) is 0.100. The van der Waals surface area contributed by atoms with Crippen LogP contribution in [0.3, 0.4) is 0 Å². The van der Waals surface area contributed by atoms with Gasteiger partial charge in [0.1, 0.15) is 17.3 Å². The molecule has 0 aliphatic heterocycles. The first kappa shape index (κ1) is 9.79. The topological polar surface area (TPSA) is 46.3 Å². The van der Waals surface area contributed by atoms with Crippen molar-refractivity contribution < 1.29 is 18.4 Å². The van der Waals surface area contributed by atoms with Crippen LogP contribution < -0.4 is 0 Å². The second-order valence-corrected chi connectivity index (χ2v) is 2.96. The third kappa shape index (κ3) is 1.87. The average molecular weight is 211 g/mol. The van der Waals surface area contributed by atoms with Crippen LogP contribution in [0.2, 0.25) is 0 Å². The summed E-state index contributed by atoms with van der Waals surface area (Å²) in [5.74, 6) is -1.22. The lowest BCUT2D eigenvalue weighted by atomic mass is 10.1. The Morgan fingerprint density at radius 1 is 1.27 bits per heavy atom. The maximum Gasteiger partial charge on any atom is 0.170 e. The molecule has 2 rings (SSSR count). The highest BCUT2D eigenvalue weighted by molar-refractivity contribution is 5.58. The van der Waals surface area contributed by atoms with Crippen LogP contribution in [0.4, 0.5) is 8.78 Å². The number of nitrogens with zero attached hydrogens (tertiary/aromatic N) is 1. The zero-order valence-electron chi connectivity index (χ0n) is 7.58. The number of halogens is 2. The van der Waals surface area contributed by atoms with Crippen molar-refractivity contribution in [2.75, 3.05) is 0 Å². The third-order valence-corrected chi connectivity index (χ3v) is 1.92. The summed E-state index contributed by atoms with van der Waals surface area (Å²) in [4.78, 5) is 0. The first-order valence-corrected chi connectivity index (χ1v) is 4.22.